The van der Waals surface area contributed by atoms with Crippen LogP contribution in [0, 0.1) is 0 Å². The molecule has 0 saturated carbocycles. The van der Waals surface area contributed by atoms with Crippen LogP contribution in [0.2, 0.25) is 0 Å². The fourth-order valence-corrected chi connectivity index (χ4v) is 3.13. The first-order valence-corrected chi connectivity index (χ1v) is 12.3. The zero-order valence-corrected chi connectivity index (χ0v) is 21.0. The van der Waals surface area contributed by atoms with Crippen molar-refractivity contribution in [3.63, 3.8) is 0 Å². The summed E-state index contributed by atoms with van der Waals surface area (Å²) in [6.07, 6.45) is 7.93. The van der Waals surface area contributed by atoms with E-state index in [-0.39, 0.29) is 18.2 Å². The van der Waals surface area contributed by atoms with Gasteiger partial charge in [0.2, 0.25) is 11.8 Å². The maximum absolute atomic E-state index is 12.5. The zero-order chi connectivity index (χ0) is 25.1. The van der Waals surface area contributed by atoms with Crippen molar-refractivity contribution in [3.8, 4) is 0 Å². The van der Waals surface area contributed by atoms with Gasteiger partial charge in [-0.1, -0.05) is 39.0 Å². The molecule has 0 aliphatic heterocycles. The Balaban J connectivity index is 4.04. The molecule has 9 heteroatoms. The van der Waals surface area contributed by atoms with E-state index in [9.17, 15) is 19.2 Å². The van der Waals surface area contributed by atoms with Crippen molar-refractivity contribution >= 4 is 23.9 Å². The highest BCUT2D eigenvalue weighted by molar-refractivity contribution is 5.85. The number of carboxylic acids is 1. The number of carboxylic acid groups (broad SMARTS) is 1. The van der Waals surface area contributed by atoms with Crippen LogP contribution in [0.1, 0.15) is 105 Å². The number of hydrogen-bond acceptors (Lipinski definition) is 5. The Morgan fingerprint density at radius 1 is 0.818 bits per heavy atom. The van der Waals surface area contributed by atoms with Crippen molar-refractivity contribution in [1.29, 1.82) is 0 Å². The molecule has 4 N–H and O–H groups in total. The fraction of sp³-hybridized carbons (Fsp3) is 0.833. The van der Waals surface area contributed by atoms with E-state index in [1.54, 1.807) is 20.8 Å². The number of unbranched alkanes of at least 4 members (excludes halogenated alkanes) is 6. The molecule has 9 nitrogen and oxygen atoms in total. The van der Waals surface area contributed by atoms with E-state index in [1.807, 2.05) is 0 Å². The molecule has 1 unspecified atom stereocenters. The number of aliphatic carboxylic acids is 1. The third-order valence-electron chi connectivity index (χ3n) is 4.87. The lowest BCUT2D eigenvalue weighted by Gasteiger charge is -2.23. The number of nitrogens with one attached hydrogen (secondary N) is 3. The second kappa shape index (κ2) is 18.1. The van der Waals surface area contributed by atoms with Crippen molar-refractivity contribution in [2.45, 2.75) is 116 Å². The average molecular weight is 472 g/mol. The smallest absolute Gasteiger partial charge is 0.408 e. The molecule has 0 fully saturated rings. The maximum atomic E-state index is 12.5. The SMILES string of the molecule is CCCCCC(NC(=O)OC(C)(C)C)C(=O)NCCCCCC(=O)NCCCCCC(=O)O. The molecule has 0 aromatic rings. The molecule has 0 rings (SSSR count). The molecular formula is C24H45N3O6. The Morgan fingerprint density at radius 2 is 1.42 bits per heavy atom. The Hall–Kier alpha value is -2.32. The van der Waals surface area contributed by atoms with Crippen LogP contribution in [0.3, 0.4) is 0 Å². The van der Waals surface area contributed by atoms with E-state index in [4.69, 9.17) is 9.84 Å². The molecule has 0 saturated heterocycles. The second-order valence-corrected chi connectivity index (χ2v) is 9.35. The van der Waals surface area contributed by atoms with Crippen molar-refractivity contribution < 1.29 is 29.0 Å². The number of rotatable bonds is 18. The van der Waals surface area contributed by atoms with Gasteiger partial charge in [-0.05, 0) is 52.9 Å². The third kappa shape index (κ3) is 20.0. The largest absolute Gasteiger partial charge is 0.481 e. The van der Waals surface area contributed by atoms with Crippen LogP contribution in [0.5, 0.6) is 0 Å². The van der Waals surface area contributed by atoms with Crippen LogP contribution >= 0.6 is 0 Å². The highest BCUT2D eigenvalue weighted by atomic mass is 16.6. The van der Waals surface area contributed by atoms with Crippen LogP contribution in [0.4, 0.5) is 4.79 Å². The molecule has 0 bridgehead atoms. The van der Waals surface area contributed by atoms with Gasteiger partial charge in [0.1, 0.15) is 11.6 Å². The minimum absolute atomic E-state index is 0.00480. The molecular weight excluding hydrogens is 426 g/mol. The van der Waals surface area contributed by atoms with Crippen LogP contribution in [0.15, 0.2) is 0 Å². The lowest BCUT2D eigenvalue weighted by molar-refractivity contribution is -0.137. The number of ether oxygens (including phenoxy) is 1. The molecule has 0 radical (unpaired) electrons. The minimum atomic E-state index is -0.790. The Labute approximate surface area is 198 Å². The molecule has 0 aliphatic carbocycles. The Kier molecular flexibility index (Phi) is 16.9. The molecule has 192 valence electrons. The standard InChI is InChI=1S/C24H45N3O6/c1-5-6-9-14-19(27-23(32)33-24(2,3)4)22(31)26-18-13-7-10-15-20(28)25-17-12-8-11-16-21(29)30/h19H,5-18H2,1-4H3,(H,25,28)(H,26,31)(H,27,32)(H,29,30). The predicted octanol–water partition coefficient (Wildman–Crippen LogP) is 3.90. The number of amides is 3. The first-order chi connectivity index (χ1) is 15.5. The molecule has 33 heavy (non-hydrogen) atoms. The third-order valence-corrected chi connectivity index (χ3v) is 4.87. The van der Waals surface area contributed by atoms with Crippen LogP contribution < -0.4 is 16.0 Å². The number of alkyl carbamates (subject to hydrolysis) is 1. The van der Waals surface area contributed by atoms with Crippen LogP contribution in [-0.4, -0.2) is 53.7 Å². The van der Waals surface area contributed by atoms with E-state index in [2.05, 4.69) is 22.9 Å². The highest BCUT2D eigenvalue weighted by Crippen LogP contribution is 2.09. The summed E-state index contributed by atoms with van der Waals surface area (Å²) in [4.78, 5) is 46.8. The first-order valence-electron chi connectivity index (χ1n) is 12.3. The summed E-state index contributed by atoms with van der Waals surface area (Å²) in [5, 5.41) is 17.0. The summed E-state index contributed by atoms with van der Waals surface area (Å²) in [7, 11) is 0. The molecule has 0 aromatic heterocycles. The minimum Gasteiger partial charge on any atom is -0.481 e. The monoisotopic (exact) mass is 471 g/mol. The average Bonchev–Trinajstić information content (AvgIpc) is 2.70. The molecule has 0 aliphatic rings. The van der Waals surface area contributed by atoms with Gasteiger partial charge in [-0.25, -0.2) is 4.79 Å². The van der Waals surface area contributed by atoms with Gasteiger partial charge in [-0.3, -0.25) is 14.4 Å². The number of hydrogen-bond donors (Lipinski definition) is 4. The van der Waals surface area contributed by atoms with Crippen molar-refractivity contribution in [2.24, 2.45) is 0 Å². The highest BCUT2D eigenvalue weighted by Gasteiger charge is 2.23. The summed E-state index contributed by atoms with van der Waals surface area (Å²) in [6, 6.07) is -0.618. The van der Waals surface area contributed by atoms with Crippen LogP contribution in [-0.2, 0) is 19.1 Å². The van der Waals surface area contributed by atoms with Crippen molar-refractivity contribution in [1.82, 2.24) is 16.0 Å². The van der Waals surface area contributed by atoms with Gasteiger partial charge < -0.3 is 25.8 Å². The van der Waals surface area contributed by atoms with E-state index < -0.39 is 23.7 Å². The topological polar surface area (TPSA) is 134 Å². The summed E-state index contributed by atoms with van der Waals surface area (Å²) < 4.78 is 5.27. The van der Waals surface area contributed by atoms with Gasteiger partial charge in [0.25, 0.3) is 0 Å². The molecule has 0 aromatic carbocycles. The molecule has 1 atom stereocenters. The summed E-state index contributed by atoms with van der Waals surface area (Å²) in [6.45, 7) is 8.48. The maximum Gasteiger partial charge on any atom is 0.408 e. The van der Waals surface area contributed by atoms with Crippen molar-refractivity contribution in [3.05, 3.63) is 0 Å². The lowest BCUT2D eigenvalue weighted by atomic mass is 10.1. The van der Waals surface area contributed by atoms with Gasteiger partial charge in [-0.2, -0.15) is 0 Å². The quantitative estimate of drug-likeness (QED) is 0.224. The molecule has 0 spiro atoms. The zero-order valence-electron chi connectivity index (χ0n) is 21.0. The van der Waals surface area contributed by atoms with E-state index in [1.165, 1.54) is 0 Å². The first kappa shape index (κ1) is 30.7. The van der Waals surface area contributed by atoms with Gasteiger partial charge in [0.15, 0.2) is 0 Å². The van der Waals surface area contributed by atoms with Gasteiger partial charge in [0, 0.05) is 25.9 Å². The molecule has 0 heterocycles. The van der Waals surface area contributed by atoms with Crippen molar-refractivity contribution in [2.75, 3.05) is 13.1 Å². The fourth-order valence-electron chi connectivity index (χ4n) is 3.13. The summed E-state index contributed by atoms with van der Waals surface area (Å²) in [5.41, 5.74) is -0.624. The summed E-state index contributed by atoms with van der Waals surface area (Å²) in [5.74, 6) is -1.01. The normalized spacial score (nSPS) is 12.0. The van der Waals surface area contributed by atoms with E-state index in [0.717, 1.165) is 51.4 Å². The van der Waals surface area contributed by atoms with Gasteiger partial charge in [0.05, 0.1) is 0 Å². The second-order valence-electron chi connectivity index (χ2n) is 9.35. The number of carbonyl (C=O) groups excluding carboxylic acids is 3. The lowest BCUT2D eigenvalue weighted by Crippen LogP contribution is -2.48. The van der Waals surface area contributed by atoms with E-state index >= 15 is 0 Å². The predicted molar refractivity (Wildman–Crippen MR) is 128 cm³/mol. The van der Waals surface area contributed by atoms with Crippen LogP contribution in [0.25, 0.3) is 0 Å². The van der Waals surface area contributed by atoms with Gasteiger partial charge >= 0.3 is 12.1 Å². The Morgan fingerprint density at radius 3 is 2.00 bits per heavy atom. The van der Waals surface area contributed by atoms with E-state index in [0.29, 0.717) is 32.4 Å². The Bertz CT molecular complexity index is 589. The summed E-state index contributed by atoms with van der Waals surface area (Å²) >= 11 is 0. The van der Waals surface area contributed by atoms with Gasteiger partial charge in [-0.15, -0.1) is 0 Å². The molecule has 3 amide bonds. The number of carbonyl (C=O) groups is 4.